The summed E-state index contributed by atoms with van der Waals surface area (Å²) in [5.41, 5.74) is 16.2. The maximum Gasteiger partial charge on any atom is 0.0694 e. The molecule has 250 valence electrons. The first kappa shape index (κ1) is 33.5. The zero-order valence-corrected chi connectivity index (χ0v) is 29.9. The van der Waals surface area contributed by atoms with Crippen LogP contribution in [0.15, 0.2) is 48.5 Å². The van der Waals surface area contributed by atoms with Crippen LogP contribution >= 0.6 is 0 Å². The molecule has 3 aromatic heterocycles. The number of hydrogen-bond acceptors (Lipinski definition) is 3. The van der Waals surface area contributed by atoms with Gasteiger partial charge in [-0.15, -0.1) is 0 Å². The Morgan fingerprint density at radius 3 is 1.56 bits per heavy atom. The largest absolute Gasteiger partial charge is 0.378 e. The van der Waals surface area contributed by atoms with Crippen molar-refractivity contribution in [2.45, 2.75) is 97.8 Å². The number of nitrogens with zero attached hydrogens (tertiary/aromatic N) is 3. The minimum atomic E-state index is 0.395. The zero-order valence-electron chi connectivity index (χ0n) is 29.9. The molecule has 48 heavy (non-hydrogen) atoms. The molecular formula is C43H53N5. The third kappa shape index (κ3) is 6.92. The molecule has 4 aromatic rings. The van der Waals surface area contributed by atoms with Crippen LogP contribution in [0.1, 0.15) is 124 Å². The van der Waals surface area contributed by atoms with Crippen molar-refractivity contribution < 1.29 is 0 Å². The smallest absolute Gasteiger partial charge is 0.0694 e. The maximum absolute atomic E-state index is 5.41. The van der Waals surface area contributed by atoms with Gasteiger partial charge in [0.25, 0.3) is 0 Å². The summed E-state index contributed by atoms with van der Waals surface area (Å²) in [6.07, 6.45) is 20.2. The van der Waals surface area contributed by atoms with Crippen molar-refractivity contribution in [1.82, 2.24) is 19.9 Å². The quantitative estimate of drug-likeness (QED) is 0.124. The molecule has 8 bridgehead atoms. The first-order valence-corrected chi connectivity index (χ1v) is 18.4. The number of anilines is 1. The molecule has 0 amide bonds. The van der Waals surface area contributed by atoms with Crippen molar-refractivity contribution in [3.63, 3.8) is 0 Å². The summed E-state index contributed by atoms with van der Waals surface area (Å²) in [5, 5.41) is 0. The summed E-state index contributed by atoms with van der Waals surface area (Å²) in [6, 6.07) is 17.9. The Bertz CT molecular complexity index is 1950. The number of benzene rings is 1. The maximum atomic E-state index is 5.41. The van der Waals surface area contributed by atoms with Crippen molar-refractivity contribution in [2.75, 3.05) is 19.0 Å². The average molecular weight is 640 g/mol. The summed E-state index contributed by atoms with van der Waals surface area (Å²) < 4.78 is 0. The molecule has 5 heteroatoms. The van der Waals surface area contributed by atoms with E-state index in [1.54, 1.807) is 0 Å². The number of fused-ring (bicyclic) bond motifs is 8. The van der Waals surface area contributed by atoms with Gasteiger partial charge in [-0.1, -0.05) is 65.5 Å². The van der Waals surface area contributed by atoms with Crippen molar-refractivity contribution in [2.24, 2.45) is 0 Å². The summed E-state index contributed by atoms with van der Waals surface area (Å²) >= 11 is 0. The molecule has 0 spiro atoms. The summed E-state index contributed by atoms with van der Waals surface area (Å²) in [7, 11) is 4.18. The van der Waals surface area contributed by atoms with Crippen molar-refractivity contribution >= 4 is 52.1 Å². The van der Waals surface area contributed by atoms with Gasteiger partial charge in [0, 0.05) is 64.1 Å². The van der Waals surface area contributed by atoms with Crippen LogP contribution in [0.5, 0.6) is 0 Å². The minimum absolute atomic E-state index is 0.395. The van der Waals surface area contributed by atoms with Gasteiger partial charge in [0.2, 0.25) is 0 Å². The van der Waals surface area contributed by atoms with E-state index in [-0.39, 0.29) is 0 Å². The van der Waals surface area contributed by atoms with Gasteiger partial charge in [-0.3, -0.25) is 0 Å². The third-order valence-corrected chi connectivity index (χ3v) is 10.1. The summed E-state index contributed by atoms with van der Waals surface area (Å²) in [4.78, 5) is 20.7. The lowest BCUT2D eigenvalue weighted by Crippen LogP contribution is -2.07. The van der Waals surface area contributed by atoms with Gasteiger partial charge in [0.05, 0.1) is 22.8 Å². The van der Waals surface area contributed by atoms with Crippen LogP contribution in [0, 0.1) is 0 Å². The van der Waals surface area contributed by atoms with E-state index >= 15 is 0 Å². The van der Waals surface area contributed by atoms with E-state index in [0.717, 1.165) is 89.8 Å². The number of hydrogen-bond donors (Lipinski definition) is 2. The molecule has 2 aliphatic rings. The van der Waals surface area contributed by atoms with Gasteiger partial charge in [0.15, 0.2) is 0 Å². The van der Waals surface area contributed by atoms with E-state index in [2.05, 4.69) is 129 Å². The van der Waals surface area contributed by atoms with Crippen LogP contribution in [-0.2, 0) is 12.8 Å². The number of aromatic nitrogens is 4. The lowest BCUT2D eigenvalue weighted by molar-refractivity contribution is 0.636. The van der Waals surface area contributed by atoms with Crippen LogP contribution in [0.3, 0.4) is 0 Å². The molecule has 1 aromatic carbocycles. The van der Waals surface area contributed by atoms with E-state index in [1.807, 2.05) is 0 Å². The molecule has 5 nitrogen and oxygen atoms in total. The fourth-order valence-electron chi connectivity index (χ4n) is 7.31. The number of aromatic amines is 2. The molecular weight excluding hydrogens is 587 g/mol. The number of rotatable bonds is 13. The molecule has 2 N–H and O–H groups in total. The number of H-pyrrole nitrogens is 2. The Balaban J connectivity index is 1.72. The zero-order chi connectivity index (χ0) is 33.6. The molecule has 5 heterocycles. The predicted octanol–water partition coefficient (Wildman–Crippen LogP) is 11.8. The van der Waals surface area contributed by atoms with Gasteiger partial charge < -0.3 is 14.9 Å². The lowest BCUT2D eigenvalue weighted by atomic mass is 9.91. The molecule has 0 aliphatic carbocycles. The lowest BCUT2D eigenvalue weighted by Gasteiger charge is -2.15. The van der Waals surface area contributed by atoms with Crippen LogP contribution in [-0.4, -0.2) is 34.0 Å². The highest BCUT2D eigenvalue weighted by Crippen LogP contribution is 2.35. The average Bonchev–Trinajstić information content (AvgIpc) is 3.93. The summed E-state index contributed by atoms with van der Waals surface area (Å²) in [6.45, 7) is 9.12. The van der Waals surface area contributed by atoms with Gasteiger partial charge in [0.1, 0.15) is 0 Å². The van der Waals surface area contributed by atoms with E-state index < -0.39 is 0 Å². The van der Waals surface area contributed by atoms with Gasteiger partial charge in [-0.2, -0.15) is 0 Å². The Hall–Kier alpha value is -4.38. The van der Waals surface area contributed by atoms with Crippen LogP contribution in [0.25, 0.3) is 57.5 Å². The van der Waals surface area contributed by atoms with Gasteiger partial charge >= 0.3 is 0 Å². The fourth-order valence-corrected chi connectivity index (χ4v) is 7.31. The fraction of sp³-hybridized carbons (Fsp3) is 0.395. The van der Waals surface area contributed by atoms with Crippen LogP contribution < -0.4 is 4.90 Å². The highest BCUT2D eigenvalue weighted by molar-refractivity contribution is 5.94. The van der Waals surface area contributed by atoms with Gasteiger partial charge in [-0.25, -0.2) is 9.97 Å². The summed E-state index contributed by atoms with van der Waals surface area (Å²) in [5.74, 6) is 0.395. The Kier molecular flexibility index (Phi) is 10.6. The number of nitrogens with one attached hydrogen (secondary N) is 2. The predicted molar refractivity (Wildman–Crippen MR) is 208 cm³/mol. The van der Waals surface area contributed by atoms with Crippen molar-refractivity contribution in [3.8, 4) is 11.1 Å². The second kappa shape index (κ2) is 15.2. The minimum Gasteiger partial charge on any atom is -0.378 e. The normalized spacial score (nSPS) is 12.4. The van der Waals surface area contributed by atoms with E-state index in [4.69, 9.17) is 9.97 Å². The molecule has 0 fully saturated rings. The Morgan fingerprint density at radius 2 is 1.06 bits per heavy atom. The first-order valence-electron chi connectivity index (χ1n) is 18.4. The SMILES string of the molecule is CCCCCCc1c2nc(c(C(CC)CC)c3nc(c(CCCC)c4ccc([nH]4)c(-c4ccc(N(C)C)cc4)c4ccc1[nH]4)C=C3)C=C2. The van der Waals surface area contributed by atoms with Crippen LogP contribution in [0.2, 0.25) is 0 Å². The topological polar surface area (TPSA) is 60.6 Å². The standard InChI is InChI=1S/C43H53N5/c1-7-11-13-14-16-33-36-22-26-39(45-36)42(29(9-3)10-4)38-25-21-34(44-38)32(15-12-8-2)35-23-27-40(46-35)43(41-28-24-37(33)47-41)30-17-19-31(20-18-30)48(5)6/h17-29,46-47H,7-16H2,1-6H3. The molecule has 2 aliphatic heterocycles. The first-order chi connectivity index (χ1) is 23.4. The Labute approximate surface area is 287 Å². The molecule has 0 saturated heterocycles. The Morgan fingerprint density at radius 1 is 0.562 bits per heavy atom. The molecule has 0 unspecified atom stereocenters. The third-order valence-electron chi connectivity index (χ3n) is 10.1. The molecule has 0 saturated carbocycles. The molecule has 0 radical (unpaired) electrons. The number of unbranched alkanes of at least 4 members (excludes halogenated alkanes) is 4. The highest BCUT2D eigenvalue weighted by Gasteiger charge is 2.21. The van der Waals surface area contributed by atoms with Crippen molar-refractivity contribution in [3.05, 3.63) is 88.0 Å². The second-order valence-electron chi connectivity index (χ2n) is 13.6. The second-order valence-corrected chi connectivity index (χ2v) is 13.6. The number of aryl methyl sites for hydroxylation is 2. The van der Waals surface area contributed by atoms with E-state index in [9.17, 15) is 0 Å². The molecule has 0 atom stereocenters. The van der Waals surface area contributed by atoms with E-state index in [1.165, 1.54) is 52.8 Å². The van der Waals surface area contributed by atoms with E-state index in [0.29, 0.717) is 5.92 Å². The van der Waals surface area contributed by atoms with Gasteiger partial charge in [-0.05, 0) is 111 Å². The van der Waals surface area contributed by atoms with Crippen molar-refractivity contribution in [1.29, 1.82) is 0 Å². The van der Waals surface area contributed by atoms with Crippen LogP contribution in [0.4, 0.5) is 5.69 Å². The monoisotopic (exact) mass is 639 g/mol. The molecule has 6 rings (SSSR count). The highest BCUT2D eigenvalue weighted by atomic mass is 15.1.